The van der Waals surface area contributed by atoms with Gasteiger partial charge in [0.1, 0.15) is 0 Å². The van der Waals surface area contributed by atoms with Crippen LogP contribution in [-0.4, -0.2) is 23.3 Å². The van der Waals surface area contributed by atoms with Crippen LogP contribution in [0.3, 0.4) is 0 Å². The largest absolute Gasteiger partial charge is 0.371 e. The fraction of sp³-hybridized carbons (Fsp3) is 0.850. The number of likely N-dealkylation sites (tertiary alicyclic amines) is 1. The molecule has 2 nitrogen and oxygen atoms in total. The summed E-state index contributed by atoms with van der Waals surface area (Å²) < 4.78 is 0. The molecule has 4 rings (SSSR count). The number of rotatable bonds is 1. The van der Waals surface area contributed by atoms with Gasteiger partial charge in [-0.2, -0.15) is 0 Å². The van der Waals surface area contributed by atoms with Crippen LogP contribution in [-0.2, 0) is 4.79 Å². The van der Waals surface area contributed by atoms with Gasteiger partial charge in [-0.1, -0.05) is 34.6 Å². The molecule has 0 spiro atoms. The smallest absolute Gasteiger partial charge is 0.161 e. The third-order valence-electron chi connectivity index (χ3n) is 7.30. The summed E-state index contributed by atoms with van der Waals surface area (Å²) in [6.45, 7) is 15.4. The first-order valence-corrected chi connectivity index (χ1v) is 9.05. The van der Waals surface area contributed by atoms with Gasteiger partial charge >= 0.3 is 0 Å². The van der Waals surface area contributed by atoms with Crippen LogP contribution in [0.4, 0.5) is 0 Å². The number of carbonyl (C=O) groups excluding carboxylic acids is 1. The van der Waals surface area contributed by atoms with Crippen LogP contribution in [0.25, 0.3) is 0 Å². The molecule has 0 amide bonds. The van der Waals surface area contributed by atoms with Crippen molar-refractivity contribution < 1.29 is 4.79 Å². The van der Waals surface area contributed by atoms with Crippen molar-refractivity contribution >= 4 is 5.78 Å². The second-order valence-corrected chi connectivity index (χ2v) is 10.4. The van der Waals surface area contributed by atoms with Crippen molar-refractivity contribution in [3.63, 3.8) is 0 Å². The van der Waals surface area contributed by atoms with E-state index >= 15 is 0 Å². The molecule has 3 aliphatic carbocycles. The van der Waals surface area contributed by atoms with Gasteiger partial charge in [0.15, 0.2) is 5.78 Å². The van der Waals surface area contributed by atoms with Gasteiger partial charge in [-0.15, -0.1) is 0 Å². The minimum absolute atomic E-state index is 0.364. The van der Waals surface area contributed by atoms with Crippen molar-refractivity contribution in [2.24, 2.45) is 28.1 Å². The van der Waals surface area contributed by atoms with Crippen LogP contribution < -0.4 is 0 Å². The number of carbonyl (C=O) groups is 1. The predicted octanol–water partition coefficient (Wildman–Crippen LogP) is 4.41. The van der Waals surface area contributed by atoms with E-state index in [1.54, 1.807) is 0 Å². The fourth-order valence-corrected chi connectivity index (χ4v) is 6.62. The second-order valence-electron chi connectivity index (χ2n) is 10.4. The number of allylic oxidation sites excluding steroid dienone is 2. The summed E-state index contributed by atoms with van der Waals surface area (Å²) in [5.41, 5.74) is 3.77. The van der Waals surface area contributed by atoms with Crippen LogP contribution in [0, 0.1) is 28.1 Å². The van der Waals surface area contributed by atoms with E-state index in [0.717, 1.165) is 13.0 Å². The first kappa shape index (κ1) is 14.8. The summed E-state index contributed by atoms with van der Waals surface area (Å²) in [5.74, 6) is 1.61. The highest BCUT2D eigenvalue weighted by atomic mass is 16.1. The normalized spacial score (nSPS) is 46.7. The van der Waals surface area contributed by atoms with Crippen LogP contribution >= 0.6 is 0 Å². The highest BCUT2D eigenvalue weighted by Gasteiger charge is 2.66. The molecule has 1 aliphatic heterocycles. The van der Waals surface area contributed by atoms with E-state index in [9.17, 15) is 4.79 Å². The highest BCUT2D eigenvalue weighted by Crippen LogP contribution is 2.68. The maximum atomic E-state index is 12.5. The Bertz CT molecular complexity index is 585. The van der Waals surface area contributed by atoms with Gasteiger partial charge in [0, 0.05) is 30.3 Å². The van der Waals surface area contributed by atoms with Crippen molar-refractivity contribution in [3.8, 4) is 0 Å². The maximum absolute atomic E-state index is 12.5. The zero-order valence-corrected chi connectivity index (χ0v) is 15.1. The highest BCUT2D eigenvalue weighted by molar-refractivity contribution is 6.01. The maximum Gasteiger partial charge on any atom is 0.161 e. The lowest BCUT2D eigenvalue weighted by atomic mass is 9.65. The second kappa shape index (κ2) is 3.99. The molecule has 4 fully saturated rings. The molecule has 0 N–H and O–H groups in total. The number of fused-ring (bicyclic) bond motifs is 3. The van der Waals surface area contributed by atoms with E-state index in [1.807, 2.05) is 0 Å². The van der Waals surface area contributed by atoms with Crippen molar-refractivity contribution in [2.75, 3.05) is 6.54 Å². The van der Waals surface area contributed by atoms with E-state index in [4.69, 9.17) is 0 Å². The van der Waals surface area contributed by atoms with Crippen LogP contribution in [0.1, 0.15) is 67.2 Å². The van der Waals surface area contributed by atoms with Gasteiger partial charge in [0.05, 0.1) is 0 Å². The Morgan fingerprint density at radius 2 is 1.82 bits per heavy atom. The number of nitrogens with zero attached hydrogens (tertiary/aromatic N) is 1. The molecule has 2 bridgehead atoms. The van der Waals surface area contributed by atoms with E-state index < -0.39 is 0 Å². The zero-order valence-electron chi connectivity index (χ0n) is 15.1. The molecule has 1 heterocycles. The van der Waals surface area contributed by atoms with Gasteiger partial charge < -0.3 is 4.90 Å². The number of hydrogen-bond acceptors (Lipinski definition) is 2. The Balaban J connectivity index is 1.68. The average molecular weight is 301 g/mol. The van der Waals surface area contributed by atoms with Crippen LogP contribution in [0.2, 0.25) is 0 Å². The molecule has 22 heavy (non-hydrogen) atoms. The molecule has 0 aromatic carbocycles. The first-order chi connectivity index (χ1) is 10.0. The third-order valence-corrected chi connectivity index (χ3v) is 7.30. The Hall–Kier alpha value is -0.790. The van der Waals surface area contributed by atoms with E-state index in [1.165, 1.54) is 30.5 Å². The zero-order chi connectivity index (χ0) is 16.1. The quantitative estimate of drug-likeness (QED) is 0.669. The number of hydrogen-bond donors (Lipinski definition) is 0. The Labute approximate surface area is 135 Å². The standard InChI is InChI=1S/C20H31NO/c1-12(16-15(22)7-14-17(16)19(14,4)5)21-11-20(6)9-13(21)8-18(2,3)10-20/h13-14,17H,7-11H2,1-6H3/b16-12+/t13-,14+,17+,20+/m1/s1. The molecule has 2 heteroatoms. The molecule has 4 aliphatic rings. The molecule has 122 valence electrons. The average Bonchev–Trinajstić information content (AvgIpc) is 2.70. The Morgan fingerprint density at radius 1 is 1.14 bits per heavy atom. The monoisotopic (exact) mass is 301 g/mol. The lowest BCUT2D eigenvalue weighted by Gasteiger charge is -2.39. The lowest BCUT2D eigenvalue weighted by Crippen LogP contribution is -2.34. The van der Waals surface area contributed by atoms with Crippen molar-refractivity contribution in [1.82, 2.24) is 4.90 Å². The molecule has 0 aromatic heterocycles. The summed E-state index contributed by atoms with van der Waals surface area (Å²) in [6, 6.07) is 0.648. The molecule has 0 unspecified atom stereocenters. The van der Waals surface area contributed by atoms with Crippen LogP contribution in [0.5, 0.6) is 0 Å². The topological polar surface area (TPSA) is 20.3 Å². The SMILES string of the molecule is C/C(=C1/C(=O)C[C@H]2[C@@H]1C2(C)C)N1C[C@@]2(C)C[C@H]1CC(C)(C)C2. The molecule has 3 saturated carbocycles. The summed E-state index contributed by atoms with van der Waals surface area (Å²) in [7, 11) is 0. The molecule has 0 radical (unpaired) electrons. The van der Waals surface area contributed by atoms with Gasteiger partial charge in [-0.05, 0) is 54.3 Å². The van der Waals surface area contributed by atoms with Gasteiger partial charge in [0.2, 0.25) is 0 Å². The Morgan fingerprint density at radius 3 is 2.45 bits per heavy atom. The molecule has 4 atom stereocenters. The summed E-state index contributed by atoms with van der Waals surface area (Å²) in [4.78, 5) is 15.1. The summed E-state index contributed by atoms with van der Waals surface area (Å²) >= 11 is 0. The van der Waals surface area contributed by atoms with Crippen molar-refractivity contribution in [3.05, 3.63) is 11.3 Å². The van der Waals surface area contributed by atoms with Crippen molar-refractivity contribution in [2.45, 2.75) is 73.3 Å². The van der Waals surface area contributed by atoms with Gasteiger partial charge in [0.25, 0.3) is 0 Å². The van der Waals surface area contributed by atoms with E-state index in [0.29, 0.717) is 39.9 Å². The molecule has 0 aromatic rings. The van der Waals surface area contributed by atoms with E-state index in [-0.39, 0.29) is 0 Å². The summed E-state index contributed by atoms with van der Waals surface area (Å²) in [6.07, 6.45) is 4.71. The number of Topliss-reactive ketones (excluding diaryl/α,β-unsaturated/α-hetero) is 1. The lowest BCUT2D eigenvalue weighted by molar-refractivity contribution is -0.115. The number of ketones is 1. The minimum Gasteiger partial charge on any atom is -0.371 e. The first-order valence-electron chi connectivity index (χ1n) is 9.05. The van der Waals surface area contributed by atoms with Gasteiger partial charge in [-0.3, -0.25) is 4.79 Å². The molecule has 1 saturated heterocycles. The fourth-order valence-electron chi connectivity index (χ4n) is 6.62. The third kappa shape index (κ3) is 1.88. The Kier molecular flexibility index (Phi) is 2.68. The van der Waals surface area contributed by atoms with Gasteiger partial charge in [-0.25, -0.2) is 0 Å². The molecular formula is C20H31NO. The summed E-state index contributed by atoms with van der Waals surface area (Å²) in [5, 5.41) is 0. The van der Waals surface area contributed by atoms with Crippen LogP contribution in [0.15, 0.2) is 11.3 Å². The minimum atomic E-state index is 0.364. The molecular weight excluding hydrogens is 270 g/mol. The van der Waals surface area contributed by atoms with Crippen molar-refractivity contribution in [1.29, 1.82) is 0 Å². The van der Waals surface area contributed by atoms with E-state index in [2.05, 4.69) is 46.4 Å². The predicted molar refractivity (Wildman–Crippen MR) is 89.3 cm³/mol.